The van der Waals surface area contributed by atoms with E-state index in [1.807, 2.05) is 0 Å². The molecule has 1 N–H and O–H groups in total. The second-order valence-corrected chi connectivity index (χ2v) is 4.30. The normalized spacial score (nSPS) is 38.5. The summed E-state index contributed by atoms with van der Waals surface area (Å²) in [7, 11) is 1.76. The lowest BCUT2D eigenvalue weighted by Gasteiger charge is -2.11. The van der Waals surface area contributed by atoms with Gasteiger partial charge in [-0.2, -0.15) is 0 Å². The number of hydrogen-bond donors (Lipinski definition) is 1. The summed E-state index contributed by atoms with van der Waals surface area (Å²) in [6.45, 7) is 3.01. The molecular formula is C11H19NO. The van der Waals surface area contributed by atoms with Crippen molar-refractivity contribution in [3.63, 3.8) is 0 Å². The van der Waals surface area contributed by atoms with E-state index in [0.29, 0.717) is 6.04 Å². The van der Waals surface area contributed by atoms with Crippen molar-refractivity contribution in [2.45, 2.75) is 31.8 Å². The fourth-order valence-corrected chi connectivity index (χ4v) is 2.44. The van der Waals surface area contributed by atoms with Gasteiger partial charge in [-0.05, 0) is 31.6 Å². The smallest absolute Gasteiger partial charge is 0.0613 e. The van der Waals surface area contributed by atoms with E-state index in [9.17, 15) is 0 Å². The molecule has 0 spiro atoms. The average molecular weight is 181 g/mol. The largest absolute Gasteiger partial charge is 0.383 e. The second kappa shape index (κ2) is 3.81. The first-order valence-electron chi connectivity index (χ1n) is 5.24. The fraction of sp³-hybridized carbons (Fsp3) is 0.818. The first-order valence-corrected chi connectivity index (χ1v) is 5.24. The molecule has 1 saturated carbocycles. The Kier molecular flexibility index (Phi) is 2.70. The van der Waals surface area contributed by atoms with E-state index in [1.54, 1.807) is 7.11 Å². The van der Waals surface area contributed by atoms with Crippen LogP contribution in [0.2, 0.25) is 0 Å². The van der Waals surface area contributed by atoms with Crippen LogP contribution in [0.3, 0.4) is 0 Å². The Morgan fingerprint density at radius 3 is 3.08 bits per heavy atom. The van der Waals surface area contributed by atoms with Crippen LogP contribution >= 0.6 is 0 Å². The van der Waals surface area contributed by atoms with Crippen molar-refractivity contribution >= 4 is 0 Å². The maximum absolute atomic E-state index is 5.11. The third-order valence-corrected chi connectivity index (χ3v) is 3.15. The molecule has 0 bridgehead atoms. The predicted octanol–water partition coefficient (Wildman–Crippen LogP) is 1.58. The highest BCUT2D eigenvalue weighted by atomic mass is 16.5. The van der Waals surface area contributed by atoms with Gasteiger partial charge in [0.15, 0.2) is 0 Å². The summed E-state index contributed by atoms with van der Waals surface area (Å²) in [4.78, 5) is 0. The number of fused-ring (bicyclic) bond motifs is 1. The summed E-state index contributed by atoms with van der Waals surface area (Å²) < 4.78 is 5.11. The summed E-state index contributed by atoms with van der Waals surface area (Å²) in [6, 6.07) is 1.23. The van der Waals surface area contributed by atoms with E-state index in [2.05, 4.69) is 24.4 Å². The lowest BCUT2D eigenvalue weighted by Crippen LogP contribution is -2.33. The van der Waals surface area contributed by atoms with Crippen molar-refractivity contribution in [1.82, 2.24) is 5.32 Å². The molecular weight excluding hydrogens is 162 g/mol. The molecule has 0 saturated heterocycles. The van der Waals surface area contributed by atoms with E-state index >= 15 is 0 Å². The van der Waals surface area contributed by atoms with Crippen LogP contribution in [0, 0.1) is 11.8 Å². The third kappa shape index (κ3) is 1.94. The van der Waals surface area contributed by atoms with Gasteiger partial charge in [0.25, 0.3) is 0 Å². The Bertz CT molecular complexity index is 202. The summed E-state index contributed by atoms with van der Waals surface area (Å²) in [5.74, 6) is 1.75. The fourth-order valence-electron chi connectivity index (χ4n) is 2.44. The molecule has 74 valence electrons. The van der Waals surface area contributed by atoms with Crippen LogP contribution in [0.4, 0.5) is 0 Å². The number of ether oxygens (including phenoxy) is 1. The molecule has 0 aromatic rings. The van der Waals surface area contributed by atoms with Crippen molar-refractivity contribution < 1.29 is 4.74 Å². The topological polar surface area (TPSA) is 21.3 Å². The molecule has 2 aliphatic rings. The summed E-state index contributed by atoms with van der Waals surface area (Å²) in [5, 5.41) is 3.62. The molecule has 0 heterocycles. The molecule has 2 heteroatoms. The number of nitrogens with one attached hydrogen (secondary N) is 1. The van der Waals surface area contributed by atoms with E-state index in [-0.39, 0.29) is 0 Å². The maximum atomic E-state index is 5.11. The van der Waals surface area contributed by atoms with Crippen LogP contribution < -0.4 is 5.32 Å². The molecule has 0 aromatic heterocycles. The highest BCUT2D eigenvalue weighted by Crippen LogP contribution is 2.46. The molecule has 4 atom stereocenters. The zero-order chi connectivity index (χ0) is 9.26. The molecule has 0 radical (unpaired) electrons. The highest BCUT2D eigenvalue weighted by Gasteiger charge is 2.48. The van der Waals surface area contributed by atoms with Crippen molar-refractivity contribution in [1.29, 1.82) is 0 Å². The molecule has 13 heavy (non-hydrogen) atoms. The molecule has 0 aromatic carbocycles. The Balaban J connectivity index is 1.76. The van der Waals surface area contributed by atoms with Crippen LogP contribution in [0.15, 0.2) is 12.2 Å². The van der Waals surface area contributed by atoms with Gasteiger partial charge in [0.05, 0.1) is 6.61 Å². The quantitative estimate of drug-likeness (QED) is 0.665. The van der Waals surface area contributed by atoms with E-state index in [4.69, 9.17) is 4.74 Å². The lowest BCUT2D eigenvalue weighted by atomic mass is 10.1. The second-order valence-electron chi connectivity index (χ2n) is 4.30. The van der Waals surface area contributed by atoms with Gasteiger partial charge < -0.3 is 10.1 Å². The Hall–Kier alpha value is -0.340. The Morgan fingerprint density at radius 1 is 1.62 bits per heavy atom. The van der Waals surface area contributed by atoms with E-state index in [0.717, 1.165) is 24.5 Å². The van der Waals surface area contributed by atoms with Gasteiger partial charge in [-0.1, -0.05) is 12.2 Å². The molecule has 2 unspecified atom stereocenters. The van der Waals surface area contributed by atoms with E-state index in [1.165, 1.54) is 12.8 Å². The van der Waals surface area contributed by atoms with Gasteiger partial charge in [0.2, 0.25) is 0 Å². The molecule has 0 amide bonds. The molecule has 2 nitrogen and oxygen atoms in total. The summed E-state index contributed by atoms with van der Waals surface area (Å²) >= 11 is 0. The van der Waals surface area contributed by atoms with Crippen LogP contribution in [-0.2, 0) is 4.74 Å². The van der Waals surface area contributed by atoms with Crippen molar-refractivity contribution in [2.75, 3.05) is 13.7 Å². The van der Waals surface area contributed by atoms with Crippen LogP contribution in [0.25, 0.3) is 0 Å². The third-order valence-electron chi connectivity index (χ3n) is 3.15. The van der Waals surface area contributed by atoms with Crippen LogP contribution in [0.1, 0.15) is 19.8 Å². The summed E-state index contributed by atoms with van der Waals surface area (Å²) in [5.41, 5.74) is 0. The molecule has 2 aliphatic carbocycles. The number of allylic oxidation sites excluding steroid dienone is 1. The minimum atomic E-state index is 0.494. The first-order chi connectivity index (χ1) is 6.33. The zero-order valence-corrected chi connectivity index (χ0v) is 8.49. The number of methoxy groups -OCH3 is 1. The standard InChI is InChI=1S/C11H19NO/c1-8(7-13-2)12-11-9-5-3-4-6-10(9)11/h3,5,8-12H,4,6-7H2,1-2H3/t8?,9-,10+,11?/m0/s1. The Morgan fingerprint density at radius 2 is 2.46 bits per heavy atom. The minimum Gasteiger partial charge on any atom is -0.383 e. The van der Waals surface area contributed by atoms with Crippen molar-refractivity contribution in [3.05, 3.63) is 12.2 Å². The van der Waals surface area contributed by atoms with Gasteiger partial charge in [-0.25, -0.2) is 0 Å². The average Bonchev–Trinajstić information content (AvgIpc) is 2.80. The molecule has 0 aliphatic heterocycles. The van der Waals surface area contributed by atoms with Gasteiger partial charge >= 0.3 is 0 Å². The number of hydrogen-bond acceptors (Lipinski definition) is 2. The highest BCUT2D eigenvalue weighted by molar-refractivity contribution is 5.16. The van der Waals surface area contributed by atoms with E-state index < -0.39 is 0 Å². The van der Waals surface area contributed by atoms with Gasteiger partial charge in [0, 0.05) is 19.2 Å². The predicted molar refractivity (Wildman–Crippen MR) is 53.6 cm³/mol. The molecule has 2 rings (SSSR count). The Labute approximate surface area is 80.4 Å². The summed E-state index contributed by atoms with van der Waals surface area (Å²) in [6.07, 6.45) is 7.35. The van der Waals surface area contributed by atoms with Gasteiger partial charge in [-0.15, -0.1) is 0 Å². The van der Waals surface area contributed by atoms with Gasteiger partial charge in [-0.3, -0.25) is 0 Å². The minimum absolute atomic E-state index is 0.494. The van der Waals surface area contributed by atoms with Crippen molar-refractivity contribution in [3.8, 4) is 0 Å². The van der Waals surface area contributed by atoms with Crippen molar-refractivity contribution in [2.24, 2.45) is 11.8 Å². The van der Waals surface area contributed by atoms with Gasteiger partial charge in [0.1, 0.15) is 0 Å². The molecule has 1 fully saturated rings. The maximum Gasteiger partial charge on any atom is 0.0613 e. The number of rotatable bonds is 4. The lowest BCUT2D eigenvalue weighted by molar-refractivity contribution is 0.170. The first kappa shape index (κ1) is 9.22. The monoisotopic (exact) mass is 181 g/mol. The SMILES string of the molecule is COCC(C)NC1[C@H]2C=CCC[C@@H]12. The van der Waals surface area contributed by atoms with Crippen LogP contribution in [-0.4, -0.2) is 25.8 Å². The zero-order valence-electron chi connectivity index (χ0n) is 8.49. The van der Waals surface area contributed by atoms with Crippen LogP contribution in [0.5, 0.6) is 0 Å².